The predicted octanol–water partition coefficient (Wildman–Crippen LogP) is 3.67. The van der Waals surface area contributed by atoms with E-state index < -0.39 is 12.1 Å². The van der Waals surface area contributed by atoms with E-state index in [9.17, 15) is 9.59 Å². The van der Waals surface area contributed by atoms with Gasteiger partial charge in [0.15, 0.2) is 6.10 Å². The van der Waals surface area contributed by atoms with Gasteiger partial charge < -0.3 is 9.64 Å². The summed E-state index contributed by atoms with van der Waals surface area (Å²) in [4.78, 5) is 32.3. The van der Waals surface area contributed by atoms with Crippen LogP contribution in [0.15, 0.2) is 24.3 Å². The highest BCUT2D eigenvalue weighted by molar-refractivity contribution is 6.05. The molecule has 2 heterocycles. The Morgan fingerprint density at radius 3 is 2.59 bits per heavy atom. The molecule has 1 amide bonds. The fourth-order valence-corrected chi connectivity index (χ4v) is 4.25. The van der Waals surface area contributed by atoms with Crippen LogP contribution >= 0.6 is 0 Å². The zero-order chi connectivity index (χ0) is 18.8. The molecule has 5 nitrogen and oxygen atoms in total. The smallest absolute Gasteiger partial charge is 0.339 e. The molecule has 142 valence electrons. The molecule has 0 bridgehead atoms. The van der Waals surface area contributed by atoms with Crippen LogP contribution in [-0.4, -0.2) is 41.0 Å². The number of piperidine rings is 1. The van der Waals surface area contributed by atoms with Crippen LogP contribution in [0.4, 0.5) is 0 Å². The van der Waals surface area contributed by atoms with Crippen molar-refractivity contribution in [3.05, 3.63) is 41.1 Å². The molecule has 0 N–H and O–H groups in total. The number of nitrogens with zero attached hydrogens (tertiary/aromatic N) is 2. The van der Waals surface area contributed by atoms with E-state index in [1.807, 2.05) is 29.2 Å². The van der Waals surface area contributed by atoms with Gasteiger partial charge in [0.05, 0.1) is 11.1 Å². The first-order valence-corrected chi connectivity index (χ1v) is 10.1. The maximum Gasteiger partial charge on any atom is 0.339 e. The van der Waals surface area contributed by atoms with Gasteiger partial charge in [-0.15, -0.1) is 0 Å². The van der Waals surface area contributed by atoms with Gasteiger partial charge >= 0.3 is 5.97 Å². The largest absolute Gasteiger partial charge is 0.449 e. The van der Waals surface area contributed by atoms with Crippen LogP contribution in [-0.2, 0) is 22.4 Å². The molecule has 1 atom stereocenters. The number of likely N-dealkylation sites (tertiary alicyclic amines) is 1. The lowest BCUT2D eigenvalue weighted by molar-refractivity contribution is -0.140. The van der Waals surface area contributed by atoms with Crippen molar-refractivity contribution in [2.24, 2.45) is 0 Å². The van der Waals surface area contributed by atoms with E-state index in [-0.39, 0.29) is 5.91 Å². The molecule has 0 radical (unpaired) electrons. The van der Waals surface area contributed by atoms with Crippen molar-refractivity contribution in [3.8, 4) is 0 Å². The van der Waals surface area contributed by atoms with Gasteiger partial charge in [0.2, 0.25) is 0 Å². The number of fused-ring (bicyclic) bond motifs is 2. The van der Waals surface area contributed by atoms with Crippen molar-refractivity contribution in [3.63, 3.8) is 0 Å². The lowest BCUT2D eigenvalue weighted by Gasteiger charge is -2.29. The minimum atomic E-state index is -0.762. The van der Waals surface area contributed by atoms with E-state index in [1.165, 1.54) is 0 Å². The summed E-state index contributed by atoms with van der Waals surface area (Å²) in [5.74, 6) is -0.486. The van der Waals surface area contributed by atoms with Gasteiger partial charge in [-0.25, -0.2) is 4.79 Å². The number of ether oxygens (including phenoxy) is 1. The number of rotatable bonds is 3. The summed E-state index contributed by atoms with van der Waals surface area (Å²) in [5.41, 5.74) is 3.43. The number of carbonyl (C=O) groups is 2. The number of benzene rings is 1. The second-order valence-corrected chi connectivity index (χ2v) is 7.57. The van der Waals surface area contributed by atoms with Crippen molar-refractivity contribution < 1.29 is 14.3 Å². The number of aryl methyl sites for hydroxylation is 1. The van der Waals surface area contributed by atoms with E-state index >= 15 is 0 Å². The SMILES string of the molecule is C[C@H](OC(=O)c1c2c(nc3ccccc13)CCCC2)C(=O)N1CCCCC1. The summed E-state index contributed by atoms with van der Waals surface area (Å²) in [7, 11) is 0. The lowest BCUT2D eigenvalue weighted by Crippen LogP contribution is -2.42. The van der Waals surface area contributed by atoms with E-state index in [2.05, 4.69) is 0 Å². The molecule has 2 aromatic rings. The van der Waals surface area contributed by atoms with Crippen LogP contribution in [0.1, 0.15) is 60.6 Å². The fraction of sp³-hybridized carbons (Fsp3) is 0.500. The van der Waals surface area contributed by atoms with Gasteiger partial charge in [-0.05, 0) is 63.5 Å². The molecule has 0 unspecified atom stereocenters. The third kappa shape index (κ3) is 3.55. The maximum absolute atomic E-state index is 13.1. The molecule has 1 aromatic carbocycles. The highest BCUT2D eigenvalue weighted by Crippen LogP contribution is 2.30. The Labute approximate surface area is 159 Å². The second kappa shape index (κ2) is 7.67. The van der Waals surface area contributed by atoms with Gasteiger partial charge in [-0.1, -0.05) is 18.2 Å². The van der Waals surface area contributed by atoms with Gasteiger partial charge in [0.1, 0.15) is 0 Å². The summed E-state index contributed by atoms with van der Waals surface area (Å²) in [5, 5.41) is 0.820. The summed E-state index contributed by atoms with van der Waals surface area (Å²) in [6.45, 7) is 3.20. The highest BCUT2D eigenvalue weighted by atomic mass is 16.5. The number of para-hydroxylation sites is 1. The Kier molecular flexibility index (Phi) is 5.10. The number of carbonyl (C=O) groups excluding carboxylic acids is 2. The summed E-state index contributed by atoms with van der Waals surface area (Å²) >= 11 is 0. The molecule has 1 aliphatic heterocycles. The van der Waals surface area contributed by atoms with E-state index in [1.54, 1.807) is 6.92 Å². The first-order chi connectivity index (χ1) is 13.1. The number of hydrogen-bond donors (Lipinski definition) is 0. The minimum absolute atomic E-state index is 0.0877. The summed E-state index contributed by atoms with van der Waals surface area (Å²) < 4.78 is 5.67. The third-order valence-corrected chi connectivity index (χ3v) is 5.67. The van der Waals surface area contributed by atoms with E-state index in [0.29, 0.717) is 5.56 Å². The number of pyridine rings is 1. The van der Waals surface area contributed by atoms with Crippen molar-refractivity contribution in [1.29, 1.82) is 0 Å². The fourth-order valence-electron chi connectivity index (χ4n) is 4.25. The number of hydrogen-bond acceptors (Lipinski definition) is 4. The summed E-state index contributed by atoms with van der Waals surface area (Å²) in [6, 6.07) is 7.70. The average molecular weight is 366 g/mol. The Balaban J connectivity index is 1.63. The minimum Gasteiger partial charge on any atom is -0.449 e. The molecule has 0 spiro atoms. The topological polar surface area (TPSA) is 59.5 Å². The first kappa shape index (κ1) is 18.0. The first-order valence-electron chi connectivity index (χ1n) is 10.1. The van der Waals surface area contributed by atoms with Crippen LogP contribution in [0.5, 0.6) is 0 Å². The average Bonchev–Trinajstić information content (AvgIpc) is 2.71. The molecule has 4 rings (SSSR count). The van der Waals surface area contributed by atoms with Gasteiger partial charge in [0, 0.05) is 24.2 Å². The number of esters is 1. The second-order valence-electron chi connectivity index (χ2n) is 7.57. The van der Waals surface area contributed by atoms with Gasteiger partial charge in [0.25, 0.3) is 5.91 Å². The maximum atomic E-state index is 13.1. The van der Waals surface area contributed by atoms with Gasteiger partial charge in [-0.3, -0.25) is 9.78 Å². The standard InChI is InChI=1S/C22H26N2O3/c1-15(21(25)24-13-7-2-8-14-24)27-22(26)20-16-9-3-5-11-18(16)23-19-12-6-4-10-17(19)20/h3,5,9,11,15H,2,4,6-8,10,12-14H2,1H3/t15-/m0/s1. The molecule has 27 heavy (non-hydrogen) atoms. The Hall–Kier alpha value is -2.43. The molecule has 1 aromatic heterocycles. The molecular formula is C22H26N2O3. The lowest BCUT2D eigenvalue weighted by atomic mass is 9.90. The van der Waals surface area contributed by atoms with E-state index in [0.717, 1.165) is 80.2 Å². The van der Waals surface area contributed by atoms with Crippen LogP contribution in [0, 0.1) is 0 Å². The van der Waals surface area contributed by atoms with Crippen molar-refractivity contribution in [2.75, 3.05) is 13.1 Å². The Morgan fingerprint density at radius 2 is 1.78 bits per heavy atom. The molecule has 1 aliphatic carbocycles. The van der Waals surface area contributed by atoms with Crippen LogP contribution in [0.25, 0.3) is 10.9 Å². The van der Waals surface area contributed by atoms with E-state index in [4.69, 9.17) is 9.72 Å². The zero-order valence-electron chi connectivity index (χ0n) is 15.9. The van der Waals surface area contributed by atoms with Gasteiger partial charge in [-0.2, -0.15) is 0 Å². The van der Waals surface area contributed by atoms with Crippen molar-refractivity contribution in [1.82, 2.24) is 9.88 Å². The molecular weight excluding hydrogens is 340 g/mol. The zero-order valence-corrected chi connectivity index (χ0v) is 15.9. The highest BCUT2D eigenvalue weighted by Gasteiger charge is 2.28. The molecule has 0 saturated carbocycles. The van der Waals surface area contributed by atoms with Crippen LogP contribution in [0.2, 0.25) is 0 Å². The molecule has 1 saturated heterocycles. The van der Waals surface area contributed by atoms with Crippen molar-refractivity contribution in [2.45, 2.75) is 58.0 Å². The molecule has 2 aliphatic rings. The number of amides is 1. The van der Waals surface area contributed by atoms with Crippen LogP contribution in [0.3, 0.4) is 0 Å². The molecule has 1 fully saturated rings. The third-order valence-electron chi connectivity index (χ3n) is 5.67. The summed E-state index contributed by atoms with van der Waals surface area (Å²) in [6.07, 6.45) is 6.32. The quantitative estimate of drug-likeness (QED) is 0.778. The molecule has 5 heteroatoms. The normalized spacial score (nSPS) is 18.0. The predicted molar refractivity (Wildman–Crippen MR) is 104 cm³/mol. The number of aromatic nitrogens is 1. The monoisotopic (exact) mass is 366 g/mol. The van der Waals surface area contributed by atoms with Crippen molar-refractivity contribution >= 4 is 22.8 Å². The van der Waals surface area contributed by atoms with Crippen LogP contribution < -0.4 is 0 Å². The Bertz CT molecular complexity index is 871. The Morgan fingerprint density at radius 1 is 1.04 bits per heavy atom.